The van der Waals surface area contributed by atoms with E-state index < -0.39 is 0 Å². The van der Waals surface area contributed by atoms with Crippen molar-refractivity contribution < 1.29 is 9.53 Å². The maximum atomic E-state index is 12.4. The zero-order valence-electron chi connectivity index (χ0n) is 16.6. The van der Waals surface area contributed by atoms with Crippen molar-refractivity contribution >= 4 is 11.7 Å². The van der Waals surface area contributed by atoms with Crippen LogP contribution in [0.1, 0.15) is 42.1 Å². The fraction of sp³-hybridized carbons (Fsp3) is 0.400. The van der Waals surface area contributed by atoms with Gasteiger partial charge in [-0.3, -0.25) is 14.7 Å². The van der Waals surface area contributed by atoms with Gasteiger partial charge in [0.2, 0.25) is 5.91 Å². The van der Waals surface area contributed by atoms with Gasteiger partial charge in [-0.15, -0.1) is 0 Å². The molecule has 0 unspecified atom stereocenters. The molecule has 0 fully saturated rings. The number of H-pyrrole nitrogens is 1. The first-order valence-electron chi connectivity index (χ1n) is 9.28. The van der Waals surface area contributed by atoms with Crippen LogP contribution in [0.15, 0.2) is 29.3 Å². The molecule has 2 heterocycles. The summed E-state index contributed by atoms with van der Waals surface area (Å²) in [7, 11) is 0. The molecule has 148 valence electrons. The van der Waals surface area contributed by atoms with Crippen molar-refractivity contribution in [1.82, 2.24) is 24.9 Å². The van der Waals surface area contributed by atoms with Crippen molar-refractivity contribution in [3.8, 4) is 5.75 Å². The topological polar surface area (TPSA) is 101 Å². The number of hydrogen-bond acceptors (Lipinski definition) is 5. The maximum absolute atomic E-state index is 12.4. The summed E-state index contributed by atoms with van der Waals surface area (Å²) in [6.45, 7) is 8.65. The minimum Gasteiger partial charge on any atom is -0.491 e. The SMILES string of the molecule is Cc1ccc(C(C)C)c(OCCNC(=O)Cc2c(C)nc3nc[nH]n3c2=O)c1. The van der Waals surface area contributed by atoms with E-state index in [0.717, 1.165) is 16.9 Å². The third kappa shape index (κ3) is 4.21. The zero-order chi connectivity index (χ0) is 20.3. The molecule has 0 aliphatic rings. The summed E-state index contributed by atoms with van der Waals surface area (Å²) >= 11 is 0. The molecule has 0 spiro atoms. The van der Waals surface area contributed by atoms with Crippen LogP contribution in [0, 0.1) is 13.8 Å². The highest BCUT2D eigenvalue weighted by Crippen LogP contribution is 2.27. The summed E-state index contributed by atoms with van der Waals surface area (Å²) < 4.78 is 7.09. The van der Waals surface area contributed by atoms with Crippen LogP contribution in [-0.2, 0) is 11.2 Å². The van der Waals surface area contributed by atoms with Gasteiger partial charge in [-0.05, 0) is 37.0 Å². The monoisotopic (exact) mass is 383 g/mol. The Morgan fingerprint density at radius 3 is 2.86 bits per heavy atom. The summed E-state index contributed by atoms with van der Waals surface area (Å²) in [5.74, 6) is 1.23. The highest BCUT2D eigenvalue weighted by atomic mass is 16.5. The zero-order valence-corrected chi connectivity index (χ0v) is 16.6. The number of rotatable bonds is 7. The van der Waals surface area contributed by atoms with E-state index in [0.29, 0.717) is 36.1 Å². The van der Waals surface area contributed by atoms with Gasteiger partial charge in [-0.2, -0.15) is 4.52 Å². The highest BCUT2D eigenvalue weighted by Gasteiger charge is 2.15. The molecule has 2 N–H and O–H groups in total. The summed E-state index contributed by atoms with van der Waals surface area (Å²) in [4.78, 5) is 32.9. The summed E-state index contributed by atoms with van der Waals surface area (Å²) in [6.07, 6.45) is 1.35. The van der Waals surface area contributed by atoms with E-state index in [1.54, 1.807) is 6.92 Å². The molecule has 0 radical (unpaired) electrons. The van der Waals surface area contributed by atoms with E-state index in [1.807, 2.05) is 13.0 Å². The molecule has 0 aliphatic carbocycles. The molecular weight excluding hydrogens is 358 g/mol. The number of nitrogens with zero attached hydrogens (tertiary/aromatic N) is 3. The van der Waals surface area contributed by atoms with Gasteiger partial charge in [0.15, 0.2) is 0 Å². The van der Waals surface area contributed by atoms with Gasteiger partial charge in [0, 0.05) is 5.56 Å². The predicted octanol–water partition coefficient (Wildman–Crippen LogP) is 1.90. The van der Waals surface area contributed by atoms with Crippen molar-refractivity contribution in [1.29, 1.82) is 0 Å². The van der Waals surface area contributed by atoms with Gasteiger partial charge < -0.3 is 10.1 Å². The third-order valence-corrected chi connectivity index (χ3v) is 4.54. The number of nitrogens with one attached hydrogen (secondary N) is 2. The number of ether oxygens (including phenoxy) is 1. The number of hydrogen-bond donors (Lipinski definition) is 2. The molecule has 8 nitrogen and oxygen atoms in total. The molecule has 1 aromatic carbocycles. The van der Waals surface area contributed by atoms with E-state index in [4.69, 9.17) is 4.74 Å². The fourth-order valence-electron chi connectivity index (χ4n) is 3.02. The molecule has 0 saturated carbocycles. The van der Waals surface area contributed by atoms with Gasteiger partial charge in [-0.1, -0.05) is 26.0 Å². The number of aromatic nitrogens is 4. The summed E-state index contributed by atoms with van der Waals surface area (Å²) in [6, 6.07) is 6.14. The van der Waals surface area contributed by atoms with E-state index >= 15 is 0 Å². The van der Waals surface area contributed by atoms with Crippen molar-refractivity contribution in [3.05, 3.63) is 57.3 Å². The smallest absolute Gasteiger partial charge is 0.277 e. The summed E-state index contributed by atoms with van der Waals surface area (Å²) in [5, 5.41) is 5.49. The van der Waals surface area contributed by atoms with Crippen LogP contribution >= 0.6 is 0 Å². The second kappa shape index (κ2) is 8.24. The normalized spacial score (nSPS) is 11.2. The Labute approximate surface area is 163 Å². The quantitative estimate of drug-likeness (QED) is 0.607. The number of aromatic amines is 1. The number of carbonyl (C=O) groups is 1. The lowest BCUT2D eigenvalue weighted by molar-refractivity contribution is -0.120. The highest BCUT2D eigenvalue weighted by molar-refractivity contribution is 5.78. The fourth-order valence-corrected chi connectivity index (χ4v) is 3.02. The number of benzene rings is 1. The average Bonchev–Trinajstić information content (AvgIpc) is 3.10. The number of aryl methyl sites for hydroxylation is 2. The lowest BCUT2D eigenvalue weighted by atomic mass is 10.0. The molecule has 0 aliphatic heterocycles. The van der Waals surface area contributed by atoms with Crippen molar-refractivity contribution in [3.63, 3.8) is 0 Å². The van der Waals surface area contributed by atoms with E-state index in [-0.39, 0.29) is 17.9 Å². The third-order valence-electron chi connectivity index (χ3n) is 4.54. The molecule has 0 bridgehead atoms. The van der Waals surface area contributed by atoms with E-state index in [1.165, 1.54) is 10.8 Å². The van der Waals surface area contributed by atoms with Crippen LogP contribution in [0.2, 0.25) is 0 Å². The molecule has 3 aromatic rings. The van der Waals surface area contributed by atoms with Gasteiger partial charge in [-0.25, -0.2) is 9.97 Å². The van der Waals surface area contributed by atoms with Crippen molar-refractivity contribution in [2.45, 2.75) is 40.0 Å². The number of fused-ring (bicyclic) bond motifs is 1. The van der Waals surface area contributed by atoms with Crippen molar-refractivity contribution in [2.75, 3.05) is 13.2 Å². The molecule has 1 amide bonds. The Kier molecular flexibility index (Phi) is 5.77. The van der Waals surface area contributed by atoms with E-state index in [2.05, 4.69) is 46.4 Å². The van der Waals surface area contributed by atoms with Crippen LogP contribution < -0.4 is 15.6 Å². The summed E-state index contributed by atoms with van der Waals surface area (Å²) in [5.41, 5.74) is 2.80. The Morgan fingerprint density at radius 2 is 2.11 bits per heavy atom. The van der Waals surface area contributed by atoms with Crippen molar-refractivity contribution in [2.24, 2.45) is 0 Å². The lowest BCUT2D eigenvalue weighted by Gasteiger charge is -2.15. The minimum absolute atomic E-state index is 0.0404. The number of amides is 1. The lowest BCUT2D eigenvalue weighted by Crippen LogP contribution is -2.32. The number of carbonyl (C=O) groups excluding carboxylic acids is 1. The van der Waals surface area contributed by atoms with Gasteiger partial charge in [0.05, 0.1) is 18.7 Å². The van der Waals surface area contributed by atoms with Crippen LogP contribution in [0.3, 0.4) is 0 Å². The van der Waals surface area contributed by atoms with Gasteiger partial charge >= 0.3 is 0 Å². The Morgan fingerprint density at radius 1 is 1.32 bits per heavy atom. The molecule has 28 heavy (non-hydrogen) atoms. The van der Waals surface area contributed by atoms with Crippen LogP contribution in [-0.4, -0.2) is 38.6 Å². The largest absolute Gasteiger partial charge is 0.491 e. The van der Waals surface area contributed by atoms with Gasteiger partial charge in [0.1, 0.15) is 18.7 Å². The second-order valence-electron chi connectivity index (χ2n) is 7.07. The second-order valence-corrected chi connectivity index (χ2v) is 7.07. The minimum atomic E-state index is -0.312. The first-order chi connectivity index (χ1) is 13.4. The Hall–Kier alpha value is -3.16. The molecule has 0 saturated heterocycles. The standard InChI is InChI=1S/C20H25N5O3/c1-12(2)15-6-5-13(3)9-17(15)28-8-7-21-18(26)10-16-14(4)24-20-22-11-23-25(20)19(16)27/h5-6,9,11-12H,7-8,10H2,1-4H3,(H,21,26)(H,22,23,24). The molecule has 0 atom stereocenters. The average molecular weight is 383 g/mol. The molecular formula is C20H25N5O3. The Bertz CT molecular complexity index is 1050. The van der Waals surface area contributed by atoms with Crippen LogP contribution in [0.5, 0.6) is 5.75 Å². The first-order valence-corrected chi connectivity index (χ1v) is 9.28. The predicted molar refractivity (Wildman–Crippen MR) is 106 cm³/mol. The van der Waals surface area contributed by atoms with Gasteiger partial charge in [0.25, 0.3) is 11.3 Å². The van der Waals surface area contributed by atoms with Crippen LogP contribution in [0.25, 0.3) is 5.78 Å². The Balaban J connectivity index is 1.58. The first kappa shape index (κ1) is 19.6. The van der Waals surface area contributed by atoms with Crippen LogP contribution in [0.4, 0.5) is 0 Å². The van der Waals surface area contributed by atoms with E-state index in [9.17, 15) is 9.59 Å². The molecule has 8 heteroatoms. The maximum Gasteiger partial charge on any atom is 0.277 e. The molecule has 3 rings (SSSR count). The molecule has 2 aromatic heterocycles.